The molecule has 0 spiro atoms. The summed E-state index contributed by atoms with van der Waals surface area (Å²) < 4.78 is 22.4. The second-order valence-corrected chi connectivity index (χ2v) is 8.42. The van der Waals surface area contributed by atoms with Crippen LogP contribution in [-0.4, -0.2) is 43.5 Å². The lowest BCUT2D eigenvalue weighted by molar-refractivity contribution is -0.153. The molecular weight excluding hydrogens is 294 g/mol. The van der Waals surface area contributed by atoms with E-state index >= 15 is 0 Å². The highest BCUT2D eigenvalue weighted by Crippen LogP contribution is 2.38. The Morgan fingerprint density at radius 2 is 1.71 bits per heavy atom. The van der Waals surface area contributed by atoms with E-state index in [4.69, 9.17) is 0 Å². The van der Waals surface area contributed by atoms with Gasteiger partial charge in [0.15, 0.2) is 0 Å². The van der Waals surface area contributed by atoms with Crippen molar-refractivity contribution in [2.24, 2.45) is 5.41 Å². The van der Waals surface area contributed by atoms with Crippen LogP contribution in [0.1, 0.15) is 51.9 Å². The van der Waals surface area contributed by atoms with Gasteiger partial charge in [-0.3, -0.25) is 9.59 Å². The molecule has 1 rings (SSSR count). The molecule has 0 saturated heterocycles. The summed E-state index contributed by atoms with van der Waals surface area (Å²) in [5.41, 5.74) is -0.995. The number of carbonyl (C=O) groups excluding carboxylic acids is 1. The molecule has 122 valence electrons. The van der Waals surface area contributed by atoms with Gasteiger partial charge in [0.2, 0.25) is 5.91 Å². The molecule has 0 aromatic carbocycles. The average molecular weight is 319 g/mol. The molecule has 1 aliphatic carbocycles. The summed E-state index contributed by atoms with van der Waals surface area (Å²) in [4.78, 5) is 23.7. The minimum absolute atomic E-state index is 0.0730. The average Bonchev–Trinajstić information content (AvgIpc) is 2.52. The number of hydrogen-bond acceptors (Lipinski definition) is 4. The largest absolute Gasteiger partial charge is 0.481 e. The number of nitrogens with one attached hydrogen (secondary N) is 1. The van der Waals surface area contributed by atoms with Gasteiger partial charge in [-0.15, -0.1) is 0 Å². The molecular formula is C14H25NO5S. The van der Waals surface area contributed by atoms with Crippen LogP contribution in [0, 0.1) is 5.41 Å². The Balaban J connectivity index is 2.66. The van der Waals surface area contributed by atoms with Crippen LogP contribution in [0.5, 0.6) is 0 Å². The fourth-order valence-electron chi connectivity index (χ4n) is 3.00. The minimum atomic E-state index is -3.17. The molecule has 21 heavy (non-hydrogen) atoms. The Kier molecular flexibility index (Phi) is 6.19. The zero-order valence-electron chi connectivity index (χ0n) is 12.7. The van der Waals surface area contributed by atoms with Gasteiger partial charge >= 0.3 is 5.97 Å². The molecule has 1 saturated carbocycles. The van der Waals surface area contributed by atoms with Crippen molar-refractivity contribution in [3.8, 4) is 0 Å². The van der Waals surface area contributed by atoms with Gasteiger partial charge in [0.05, 0.1) is 11.2 Å². The van der Waals surface area contributed by atoms with Crippen molar-refractivity contribution < 1.29 is 23.1 Å². The number of sulfone groups is 1. The summed E-state index contributed by atoms with van der Waals surface area (Å²) in [6.07, 6.45) is 5.70. The summed E-state index contributed by atoms with van der Waals surface area (Å²) in [5.74, 6) is -1.44. The lowest BCUT2D eigenvalue weighted by Crippen LogP contribution is -2.42. The van der Waals surface area contributed by atoms with Crippen molar-refractivity contribution in [2.75, 3.05) is 12.0 Å². The monoisotopic (exact) mass is 319 g/mol. The number of rotatable bonds is 6. The standard InChI is InChI=1S/C14H25NO5S/c1-11(10-21(2,19)20)15-12(16)9-14(13(17)18)7-5-3-4-6-8-14/h11H,3-10H2,1-2H3,(H,15,16)(H,17,18). The topological polar surface area (TPSA) is 101 Å². The lowest BCUT2D eigenvalue weighted by Gasteiger charge is -2.28. The second kappa shape index (κ2) is 7.24. The molecule has 7 heteroatoms. The van der Waals surface area contributed by atoms with Crippen molar-refractivity contribution >= 4 is 21.7 Å². The summed E-state index contributed by atoms with van der Waals surface area (Å²) >= 11 is 0. The van der Waals surface area contributed by atoms with Crippen LogP contribution in [0.3, 0.4) is 0 Å². The molecule has 1 unspecified atom stereocenters. The lowest BCUT2D eigenvalue weighted by atomic mass is 9.77. The molecule has 0 bridgehead atoms. The van der Waals surface area contributed by atoms with E-state index in [-0.39, 0.29) is 18.1 Å². The molecule has 1 aliphatic rings. The quantitative estimate of drug-likeness (QED) is 0.720. The third-order valence-electron chi connectivity index (χ3n) is 3.97. The van der Waals surface area contributed by atoms with E-state index in [9.17, 15) is 23.1 Å². The number of carbonyl (C=O) groups is 2. The van der Waals surface area contributed by atoms with Crippen LogP contribution >= 0.6 is 0 Å². The maximum absolute atomic E-state index is 12.1. The van der Waals surface area contributed by atoms with E-state index in [1.165, 1.54) is 0 Å². The van der Waals surface area contributed by atoms with Crippen LogP contribution in [0.15, 0.2) is 0 Å². The maximum atomic E-state index is 12.1. The number of carboxylic acid groups (broad SMARTS) is 1. The highest BCUT2D eigenvalue weighted by Gasteiger charge is 2.40. The fourth-order valence-corrected chi connectivity index (χ4v) is 3.99. The highest BCUT2D eigenvalue weighted by atomic mass is 32.2. The molecule has 0 heterocycles. The summed E-state index contributed by atoms with van der Waals surface area (Å²) in [6, 6.07) is -0.510. The van der Waals surface area contributed by atoms with Gasteiger partial charge in [0.25, 0.3) is 0 Å². The molecule has 1 atom stereocenters. The predicted octanol–water partition coefficient (Wildman–Crippen LogP) is 1.35. The zero-order chi connectivity index (χ0) is 16.1. The van der Waals surface area contributed by atoms with Crippen LogP contribution < -0.4 is 5.32 Å². The van der Waals surface area contributed by atoms with Crippen LogP contribution in [0.4, 0.5) is 0 Å². The van der Waals surface area contributed by atoms with Crippen molar-refractivity contribution in [1.29, 1.82) is 0 Å². The van der Waals surface area contributed by atoms with Crippen molar-refractivity contribution in [3.05, 3.63) is 0 Å². The summed E-state index contributed by atoms with van der Waals surface area (Å²) in [7, 11) is -3.17. The van der Waals surface area contributed by atoms with Crippen LogP contribution in [-0.2, 0) is 19.4 Å². The SMILES string of the molecule is CC(CS(C)(=O)=O)NC(=O)CC1(C(=O)O)CCCCCC1. The number of carboxylic acids is 1. The Morgan fingerprint density at radius 3 is 2.14 bits per heavy atom. The van der Waals surface area contributed by atoms with Crippen molar-refractivity contribution in [2.45, 2.75) is 57.9 Å². The van der Waals surface area contributed by atoms with E-state index in [0.29, 0.717) is 12.8 Å². The maximum Gasteiger partial charge on any atom is 0.310 e. The molecule has 6 nitrogen and oxygen atoms in total. The molecule has 0 aromatic heterocycles. The first kappa shape index (κ1) is 17.9. The third-order valence-corrected chi connectivity index (χ3v) is 5.08. The molecule has 0 radical (unpaired) electrons. The number of aliphatic carboxylic acids is 1. The van der Waals surface area contributed by atoms with Gasteiger partial charge in [-0.25, -0.2) is 8.42 Å². The number of hydrogen-bond donors (Lipinski definition) is 2. The Morgan fingerprint density at radius 1 is 1.19 bits per heavy atom. The smallest absolute Gasteiger partial charge is 0.310 e. The first-order chi connectivity index (χ1) is 9.65. The van der Waals surface area contributed by atoms with E-state index < -0.39 is 27.3 Å². The van der Waals surface area contributed by atoms with Gasteiger partial charge in [-0.05, 0) is 19.8 Å². The number of amides is 1. The van der Waals surface area contributed by atoms with Crippen LogP contribution in [0.2, 0.25) is 0 Å². The van der Waals surface area contributed by atoms with E-state index in [1.807, 2.05) is 0 Å². The Labute approximate surface area is 126 Å². The first-order valence-electron chi connectivity index (χ1n) is 7.35. The van der Waals surface area contributed by atoms with Gasteiger partial charge in [-0.2, -0.15) is 0 Å². The molecule has 2 N–H and O–H groups in total. The van der Waals surface area contributed by atoms with Gasteiger partial charge < -0.3 is 10.4 Å². The summed E-state index contributed by atoms with van der Waals surface area (Å²) in [5, 5.41) is 12.1. The first-order valence-corrected chi connectivity index (χ1v) is 9.41. The van der Waals surface area contributed by atoms with Crippen molar-refractivity contribution in [1.82, 2.24) is 5.32 Å². The normalized spacial score (nSPS) is 20.3. The minimum Gasteiger partial charge on any atom is -0.481 e. The second-order valence-electron chi connectivity index (χ2n) is 6.24. The third kappa shape index (κ3) is 6.03. The fraction of sp³-hybridized carbons (Fsp3) is 0.857. The van der Waals surface area contributed by atoms with Crippen molar-refractivity contribution in [3.63, 3.8) is 0 Å². The molecule has 1 amide bonds. The Hall–Kier alpha value is -1.11. The van der Waals surface area contributed by atoms with Gasteiger partial charge in [-0.1, -0.05) is 25.7 Å². The molecule has 0 aliphatic heterocycles. The van der Waals surface area contributed by atoms with Crippen LogP contribution in [0.25, 0.3) is 0 Å². The van der Waals surface area contributed by atoms with Gasteiger partial charge in [0, 0.05) is 18.7 Å². The van der Waals surface area contributed by atoms with E-state index in [0.717, 1.165) is 31.9 Å². The predicted molar refractivity (Wildman–Crippen MR) is 79.7 cm³/mol. The van der Waals surface area contributed by atoms with Gasteiger partial charge in [0.1, 0.15) is 9.84 Å². The van der Waals surface area contributed by atoms with E-state index in [1.54, 1.807) is 6.92 Å². The molecule has 1 fully saturated rings. The Bertz CT molecular complexity index is 478. The molecule has 0 aromatic rings. The highest BCUT2D eigenvalue weighted by molar-refractivity contribution is 7.90. The van der Waals surface area contributed by atoms with E-state index in [2.05, 4.69) is 5.32 Å². The zero-order valence-corrected chi connectivity index (χ0v) is 13.5. The summed E-state index contributed by atoms with van der Waals surface area (Å²) in [6.45, 7) is 1.61.